The van der Waals surface area contributed by atoms with Crippen LogP contribution >= 0.6 is 0 Å². The van der Waals surface area contributed by atoms with E-state index < -0.39 is 5.41 Å². The van der Waals surface area contributed by atoms with Crippen molar-refractivity contribution in [2.45, 2.75) is 27.2 Å². The van der Waals surface area contributed by atoms with Crippen molar-refractivity contribution in [1.82, 2.24) is 4.57 Å². The summed E-state index contributed by atoms with van der Waals surface area (Å²) in [5, 5.41) is 9.83. The number of rotatable bonds is 1. The van der Waals surface area contributed by atoms with Crippen LogP contribution in [0.5, 0.6) is 0 Å². The molecule has 0 aliphatic carbocycles. The molecular formula is C15H16N2O. The number of benzene rings is 1. The van der Waals surface area contributed by atoms with Crippen molar-refractivity contribution in [3.8, 4) is 6.07 Å². The summed E-state index contributed by atoms with van der Waals surface area (Å²) in [7, 11) is 0. The highest BCUT2D eigenvalue weighted by Crippen LogP contribution is 2.25. The molecule has 2 rings (SSSR count). The fraction of sp³-hybridized carbons (Fsp3) is 0.333. The average Bonchev–Trinajstić information content (AvgIpc) is 2.67. The normalized spacial score (nSPS) is 11.4. The van der Waals surface area contributed by atoms with Gasteiger partial charge < -0.3 is 0 Å². The predicted octanol–water partition coefficient (Wildman–Crippen LogP) is 3.39. The van der Waals surface area contributed by atoms with Crippen LogP contribution in [0.1, 0.15) is 31.1 Å². The van der Waals surface area contributed by atoms with Crippen molar-refractivity contribution in [3.05, 3.63) is 36.0 Å². The summed E-state index contributed by atoms with van der Waals surface area (Å²) in [5.41, 5.74) is 1.35. The molecule has 0 spiro atoms. The van der Waals surface area contributed by atoms with Gasteiger partial charge in [-0.05, 0) is 11.6 Å². The van der Waals surface area contributed by atoms with E-state index >= 15 is 0 Å². The molecule has 0 amide bonds. The molecule has 0 radical (unpaired) electrons. The van der Waals surface area contributed by atoms with E-state index in [0.717, 1.165) is 16.5 Å². The zero-order valence-electron chi connectivity index (χ0n) is 10.9. The minimum atomic E-state index is -0.439. The molecule has 2 aromatic rings. The molecule has 0 atom stereocenters. The first kappa shape index (κ1) is 12.4. The molecule has 1 aromatic heterocycles. The van der Waals surface area contributed by atoms with Gasteiger partial charge >= 0.3 is 0 Å². The van der Waals surface area contributed by atoms with E-state index in [1.165, 1.54) is 0 Å². The zero-order valence-corrected chi connectivity index (χ0v) is 10.9. The van der Waals surface area contributed by atoms with Gasteiger partial charge in [0.1, 0.15) is 0 Å². The second-order valence-electron chi connectivity index (χ2n) is 5.43. The monoisotopic (exact) mass is 240 g/mol. The van der Waals surface area contributed by atoms with Crippen molar-refractivity contribution in [1.29, 1.82) is 5.26 Å². The molecule has 1 heterocycles. The summed E-state index contributed by atoms with van der Waals surface area (Å²) in [6, 6.07) is 9.85. The largest absolute Gasteiger partial charge is 0.286 e. The Balaban J connectivity index is 2.66. The predicted molar refractivity (Wildman–Crippen MR) is 71.3 cm³/mol. The quantitative estimate of drug-likeness (QED) is 0.767. The highest BCUT2D eigenvalue weighted by molar-refractivity contribution is 5.96. The fourth-order valence-corrected chi connectivity index (χ4v) is 2.01. The van der Waals surface area contributed by atoms with Crippen LogP contribution < -0.4 is 0 Å². The van der Waals surface area contributed by atoms with Crippen molar-refractivity contribution in [2.75, 3.05) is 0 Å². The summed E-state index contributed by atoms with van der Waals surface area (Å²) in [5.74, 6) is 0.0443. The minimum absolute atomic E-state index is 0.0443. The highest BCUT2D eigenvalue weighted by atomic mass is 16.2. The molecule has 0 N–H and O–H groups in total. The number of fused-ring (bicyclic) bond motifs is 1. The molecule has 3 heteroatoms. The maximum atomic E-state index is 12.4. The van der Waals surface area contributed by atoms with Gasteiger partial charge in [-0.3, -0.25) is 9.36 Å². The maximum absolute atomic E-state index is 12.4. The topological polar surface area (TPSA) is 45.8 Å². The van der Waals surface area contributed by atoms with Gasteiger partial charge in [0.05, 0.1) is 18.0 Å². The molecular weight excluding hydrogens is 224 g/mol. The van der Waals surface area contributed by atoms with Crippen LogP contribution in [0, 0.1) is 16.7 Å². The number of carbonyl (C=O) groups is 1. The van der Waals surface area contributed by atoms with Crippen molar-refractivity contribution >= 4 is 16.8 Å². The second kappa shape index (κ2) is 4.30. The average molecular weight is 240 g/mol. The molecule has 0 fully saturated rings. The Kier molecular flexibility index (Phi) is 2.96. The summed E-state index contributed by atoms with van der Waals surface area (Å²) in [6.07, 6.45) is 2.12. The molecule has 0 unspecified atom stereocenters. The van der Waals surface area contributed by atoms with Crippen LogP contribution in [0.4, 0.5) is 0 Å². The van der Waals surface area contributed by atoms with Gasteiger partial charge in [0, 0.05) is 17.0 Å². The number of hydrogen-bond donors (Lipinski definition) is 0. The highest BCUT2D eigenvalue weighted by Gasteiger charge is 2.25. The molecule has 3 nitrogen and oxygen atoms in total. The fourth-order valence-electron chi connectivity index (χ4n) is 2.01. The van der Waals surface area contributed by atoms with Gasteiger partial charge in [-0.15, -0.1) is 0 Å². The number of carbonyl (C=O) groups excluding carboxylic acids is 1. The third kappa shape index (κ3) is 2.02. The lowest BCUT2D eigenvalue weighted by atomic mass is 9.95. The van der Waals surface area contributed by atoms with Gasteiger partial charge in [-0.1, -0.05) is 39.0 Å². The molecule has 0 aliphatic rings. The number of nitriles is 1. The first-order valence-electron chi connectivity index (χ1n) is 5.96. The Bertz CT molecular complexity index is 639. The van der Waals surface area contributed by atoms with Gasteiger partial charge in [-0.2, -0.15) is 5.26 Å². The summed E-state index contributed by atoms with van der Waals surface area (Å²) in [4.78, 5) is 12.4. The molecule has 1 aromatic carbocycles. The summed E-state index contributed by atoms with van der Waals surface area (Å²) in [6.45, 7) is 5.69. The van der Waals surface area contributed by atoms with Crippen LogP contribution in [0.3, 0.4) is 0 Å². The Morgan fingerprint density at radius 3 is 2.61 bits per heavy atom. The zero-order chi connectivity index (χ0) is 13.3. The van der Waals surface area contributed by atoms with E-state index in [-0.39, 0.29) is 5.91 Å². The van der Waals surface area contributed by atoms with E-state index in [0.29, 0.717) is 6.42 Å². The smallest absolute Gasteiger partial charge is 0.236 e. The molecule has 0 saturated heterocycles. The molecule has 0 saturated carbocycles. The van der Waals surface area contributed by atoms with Crippen LogP contribution in [-0.4, -0.2) is 10.5 Å². The molecule has 18 heavy (non-hydrogen) atoms. The van der Waals surface area contributed by atoms with Gasteiger partial charge in [0.2, 0.25) is 5.91 Å². The number of hydrogen-bond acceptors (Lipinski definition) is 2. The SMILES string of the molecule is CC(C)(C)C(=O)n1cc(CC#N)c2ccccc21. The molecule has 92 valence electrons. The third-order valence-corrected chi connectivity index (χ3v) is 2.92. The van der Waals surface area contributed by atoms with Crippen LogP contribution in [0.2, 0.25) is 0 Å². The number of nitrogens with zero attached hydrogens (tertiary/aromatic N) is 2. The van der Waals surface area contributed by atoms with Crippen LogP contribution in [-0.2, 0) is 6.42 Å². The van der Waals surface area contributed by atoms with E-state index in [2.05, 4.69) is 6.07 Å². The third-order valence-electron chi connectivity index (χ3n) is 2.92. The Hall–Kier alpha value is -2.08. The first-order chi connectivity index (χ1) is 8.45. The lowest BCUT2D eigenvalue weighted by Crippen LogP contribution is -2.26. The Morgan fingerprint density at radius 1 is 1.33 bits per heavy atom. The number of para-hydroxylation sites is 1. The van der Waals surface area contributed by atoms with Crippen molar-refractivity contribution in [2.24, 2.45) is 5.41 Å². The van der Waals surface area contributed by atoms with E-state index in [1.807, 2.05) is 45.0 Å². The van der Waals surface area contributed by atoms with Crippen molar-refractivity contribution < 1.29 is 4.79 Å². The molecule has 0 aliphatic heterocycles. The van der Waals surface area contributed by atoms with Crippen LogP contribution in [0.25, 0.3) is 10.9 Å². The summed E-state index contributed by atoms with van der Waals surface area (Å²) >= 11 is 0. The van der Waals surface area contributed by atoms with E-state index in [9.17, 15) is 4.79 Å². The van der Waals surface area contributed by atoms with E-state index in [4.69, 9.17) is 5.26 Å². The first-order valence-corrected chi connectivity index (χ1v) is 5.96. The maximum Gasteiger partial charge on any atom is 0.236 e. The van der Waals surface area contributed by atoms with E-state index in [1.54, 1.807) is 10.8 Å². The lowest BCUT2D eigenvalue weighted by molar-refractivity contribution is 0.0772. The van der Waals surface area contributed by atoms with Gasteiger partial charge in [-0.25, -0.2) is 0 Å². The van der Waals surface area contributed by atoms with Gasteiger partial charge in [0.15, 0.2) is 0 Å². The lowest BCUT2D eigenvalue weighted by Gasteiger charge is -2.17. The Morgan fingerprint density at radius 2 is 2.00 bits per heavy atom. The minimum Gasteiger partial charge on any atom is -0.286 e. The van der Waals surface area contributed by atoms with Crippen LogP contribution in [0.15, 0.2) is 30.5 Å². The second-order valence-corrected chi connectivity index (χ2v) is 5.43. The summed E-state index contributed by atoms with van der Waals surface area (Å²) < 4.78 is 1.67. The van der Waals surface area contributed by atoms with Crippen molar-refractivity contribution in [3.63, 3.8) is 0 Å². The van der Waals surface area contributed by atoms with Gasteiger partial charge in [0.25, 0.3) is 0 Å². The standard InChI is InChI=1S/C15H16N2O/c1-15(2,3)14(18)17-10-11(8-9-16)12-6-4-5-7-13(12)17/h4-7,10H,8H2,1-3H3. The Labute approximate surface area is 107 Å². The number of aromatic nitrogens is 1. The molecule has 0 bridgehead atoms.